The number of hydrazone groups is 1. The van der Waals surface area contributed by atoms with Gasteiger partial charge in [-0.2, -0.15) is 10.2 Å². The van der Waals surface area contributed by atoms with Gasteiger partial charge in [0.15, 0.2) is 11.5 Å². The summed E-state index contributed by atoms with van der Waals surface area (Å²) >= 11 is 5.84. The van der Waals surface area contributed by atoms with Gasteiger partial charge in [-0.1, -0.05) is 29.8 Å². The number of benzene rings is 2. The number of halogens is 1. The lowest BCUT2D eigenvalue weighted by molar-refractivity contribution is 0.0955. The van der Waals surface area contributed by atoms with Gasteiger partial charge in [-0.3, -0.25) is 9.48 Å². The fourth-order valence-corrected chi connectivity index (χ4v) is 2.56. The number of hydrogen-bond donors (Lipinski definition) is 2. The molecular weight excluding hydrogens is 368 g/mol. The Morgan fingerprint density at radius 3 is 2.78 bits per heavy atom. The average Bonchev–Trinajstić information content (AvgIpc) is 3.08. The van der Waals surface area contributed by atoms with Gasteiger partial charge < -0.3 is 9.84 Å². The molecule has 2 aromatic carbocycles. The monoisotopic (exact) mass is 384 g/mol. The molecule has 138 valence electrons. The number of aromatic nitrogens is 2. The van der Waals surface area contributed by atoms with E-state index in [0.717, 1.165) is 5.56 Å². The molecule has 0 atom stereocenters. The Morgan fingerprint density at radius 1 is 1.33 bits per heavy atom. The Morgan fingerprint density at radius 2 is 2.11 bits per heavy atom. The van der Waals surface area contributed by atoms with Gasteiger partial charge in [-0.15, -0.1) is 0 Å². The summed E-state index contributed by atoms with van der Waals surface area (Å²) < 4.78 is 6.74. The van der Waals surface area contributed by atoms with Crippen LogP contribution in [0.5, 0.6) is 11.5 Å². The van der Waals surface area contributed by atoms with E-state index in [1.807, 2.05) is 12.1 Å². The number of nitrogens with one attached hydrogen (secondary N) is 1. The van der Waals surface area contributed by atoms with Crippen LogP contribution in [0.15, 0.2) is 60.0 Å². The highest BCUT2D eigenvalue weighted by Crippen LogP contribution is 2.27. The number of hydrogen-bond acceptors (Lipinski definition) is 5. The van der Waals surface area contributed by atoms with Crippen LogP contribution in [0.1, 0.15) is 21.5 Å². The van der Waals surface area contributed by atoms with Gasteiger partial charge in [0, 0.05) is 17.3 Å². The molecule has 1 amide bonds. The first-order valence-corrected chi connectivity index (χ1v) is 8.41. The molecule has 0 saturated heterocycles. The minimum absolute atomic E-state index is 0.0407. The highest BCUT2D eigenvalue weighted by molar-refractivity contribution is 6.30. The molecule has 0 aliphatic rings. The Balaban J connectivity index is 1.61. The zero-order valence-electron chi connectivity index (χ0n) is 14.5. The van der Waals surface area contributed by atoms with Crippen LogP contribution in [0.4, 0.5) is 0 Å². The number of carbonyl (C=O) groups is 1. The summed E-state index contributed by atoms with van der Waals surface area (Å²) in [5.41, 5.74) is 4.31. The van der Waals surface area contributed by atoms with Gasteiger partial charge in [-0.05, 0) is 29.8 Å². The Kier molecular flexibility index (Phi) is 5.73. The molecule has 0 aliphatic heterocycles. The van der Waals surface area contributed by atoms with Gasteiger partial charge in [-0.25, -0.2) is 5.43 Å². The SMILES string of the molecule is COc1cccc(/C=N/NC(=O)c2ccc(Cn3cc(Cl)cn3)cc2)c1O. The zero-order chi connectivity index (χ0) is 19.2. The molecule has 0 unspecified atom stereocenters. The highest BCUT2D eigenvalue weighted by atomic mass is 35.5. The van der Waals surface area contributed by atoms with Crippen molar-refractivity contribution in [2.75, 3.05) is 7.11 Å². The quantitative estimate of drug-likeness (QED) is 0.505. The summed E-state index contributed by atoms with van der Waals surface area (Å²) in [5, 5.41) is 18.5. The number of aromatic hydroxyl groups is 1. The van der Waals surface area contributed by atoms with Crippen molar-refractivity contribution in [3.8, 4) is 11.5 Å². The molecule has 0 aliphatic carbocycles. The van der Waals surface area contributed by atoms with Crippen molar-refractivity contribution >= 4 is 23.7 Å². The van der Waals surface area contributed by atoms with Crippen molar-refractivity contribution in [3.63, 3.8) is 0 Å². The molecule has 0 saturated carbocycles. The van der Waals surface area contributed by atoms with Gasteiger partial charge in [0.2, 0.25) is 0 Å². The van der Waals surface area contributed by atoms with Crippen molar-refractivity contribution in [1.82, 2.24) is 15.2 Å². The molecule has 0 fully saturated rings. The Labute approximate surface area is 160 Å². The van der Waals surface area contributed by atoms with Gasteiger partial charge in [0.25, 0.3) is 5.91 Å². The van der Waals surface area contributed by atoms with Gasteiger partial charge >= 0.3 is 0 Å². The lowest BCUT2D eigenvalue weighted by atomic mass is 10.1. The second-order valence-electron chi connectivity index (χ2n) is 5.65. The fraction of sp³-hybridized carbons (Fsp3) is 0.105. The van der Waals surface area contributed by atoms with E-state index >= 15 is 0 Å². The van der Waals surface area contributed by atoms with Crippen LogP contribution in [0.2, 0.25) is 5.02 Å². The van der Waals surface area contributed by atoms with Crippen molar-refractivity contribution in [1.29, 1.82) is 0 Å². The number of carbonyl (C=O) groups excluding carboxylic acids is 1. The van der Waals surface area contributed by atoms with Crippen LogP contribution in [0.3, 0.4) is 0 Å². The number of phenolic OH excluding ortho intramolecular Hbond substituents is 1. The van der Waals surface area contributed by atoms with Gasteiger partial charge in [0.1, 0.15) is 0 Å². The molecule has 3 aromatic rings. The summed E-state index contributed by atoms with van der Waals surface area (Å²) in [7, 11) is 1.46. The minimum atomic E-state index is -0.359. The van der Waals surface area contributed by atoms with E-state index in [1.165, 1.54) is 13.3 Å². The van der Waals surface area contributed by atoms with E-state index in [-0.39, 0.29) is 11.7 Å². The standard InChI is InChI=1S/C19H17ClN4O3/c1-27-17-4-2-3-15(18(17)25)9-21-23-19(26)14-7-5-13(6-8-14)11-24-12-16(20)10-22-24/h2-10,12,25H,11H2,1H3,(H,23,26)/b21-9+. The first kappa shape index (κ1) is 18.5. The van der Waals surface area contributed by atoms with Crippen molar-refractivity contribution in [2.24, 2.45) is 5.10 Å². The van der Waals surface area contributed by atoms with Crippen molar-refractivity contribution in [3.05, 3.63) is 76.6 Å². The number of rotatable bonds is 6. The first-order valence-electron chi connectivity index (χ1n) is 8.03. The smallest absolute Gasteiger partial charge is 0.271 e. The summed E-state index contributed by atoms with van der Waals surface area (Å²) in [6.45, 7) is 0.557. The minimum Gasteiger partial charge on any atom is -0.504 e. The van der Waals surface area contributed by atoms with Crippen LogP contribution in [-0.4, -0.2) is 34.1 Å². The number of ether oxygens (including phenoxy) is 1. The predicted octanol–water partition coefficient (Wildman–Crippen LogP) is 3.06. The first-order chi connectivity index (χ1) is 13.1. The van der Waals surface area contributed by atoms with E-state index in [4.69, 9.17) is 16.3 Å². The Bertz CT molecular complexity index is 967. The lowest BCUT2D eigenvalue weighted by Crippen LogP contribution is -2.17. The number of amides is 1. The third-order valence-electron chi connectivity index (χ3n) is 3.78. The third kappa shape index (κ3) is 4.65. The predicted molar refractivity (Wildman–Crippen MR) is 102 cm³/mol. The lowest BCUT2D eigenvalue weighted by Gasteiger charge is -2.05. The second-order valence-corrected chi connectivity index (χ2v) is 6.09. The van der Waals surface area contributed by atoms with E-state index < -0.39 is 0 Å². The van der Waals surface area contributed by atoms with Crippen LogP contribution in [0, 0.1) is 0 Å². The third-order valence-corrected chi connectivity index (χ3v) is 3.98. The number of para-hydroxylation sites is 1. The van der Waals surface area contributed by atoms with E-state index in [1.54, 1.807) is 47.4 Å². The molecular formula is C19H17ClN4O3. The molecule has 1 aromatic heterocycles. The highest BCUT2D eigenvalue weighted by Gasteiger charge is 2.07. The fourth-order valence-electron chi connectivity index (χ4n) is 2.41. The molecule has 3 rings (SSSR count). The normalized spacial score (nSPS) is 10.9. The van der Waals surface area contributed by atoms with Crippen molar-refractivity contribution < 1.29 is 14.6 Å². The second kappa shape index (κ2) is 8.37. The largest absolute Gasteiger partial charge is 0.504 e. The van der Waals surface area contributed by atoms with Gasteiger partial charge in [0.05, 0.1) is 31.1 Å². The van der Waals surface area contributed by atoms with E-state index in [0.29, 0.717) is 28.4 Å². The number of nitrogens with zero attached hydrogens (tertiary/aromatic N) is 3. The van der Waals surface area contributed by atoms with Crippen LogP contribution in [0.25, 0.3) is 0 Å². The topological polar surface area (TPSA) is 88.7 Å². The molecule has 7 nitrogen and oxygen atoms in total. The van der Waals surface area contributed by atoms with Crippen molar-refractivity contribution in [2.45, 2.75) is 6.54 Å². The summed E-state index contributed by atoms with van der Waals surface area (Å²) in [6.07, 6.45) is 4.65. The maximum absolute atomic E-state index is 12.2. The molecule has 8 heteroatoms. The number of phenols is 1. The zero-order valence-corrected chi connectivity index (χ0v) is 15.2. The maximum Gasteiger partial charge on any atom is 0.271 e. The molecule has 0 radical (unpaired) electrons. The molecule has 0 bridgehead atoms. The number of methoxy groups -OCH3 is 1. The summed E-state index contributed by atoms with van der Waals surface area (Å²) in [5.74, 6) is -0.0669. The molecule has 0 spiro atoms. The van der Waals surface area contributed by atoms with Crippen LogP contribution in [-0.2, 0) is 6.54 Å². The van der Waals surface area contributed by atoms with Crippen LogP contribution < -0.4 is 10.2 Å². The maximum atomic E-state index is 12.2. The average molecular weight is 385 g/mol. The molecule has 1 heterocycles. The summed E-state index contributed by atoms with van der Waals surface area (Å²) in [4.78, 5) is 12.2. The molecule has 2 N–H and O–H groups in total. The van der Waals surface area contributed by atoms with Crippen LogP contribution >= 0.6 is 11.6 Å². The van der Waals surface area contributed by atoms with E-state index in [2.05, 4.69) is 15.6 Å². The van der Waals surface area contributed by atoms with E-state index in [9.17, 15) is 9.90 Å². The summed E-state index contributed by atoms with van der Waals surface area (Å²) in [6, 6.07) is 12.1. The molecule has 27 heavy (non-hydrogen) atoms. The Hall–Kier alpha value is -3.32.